The number of nitrogens with zero attached hydrogens (tertiary/aromatic N) is 3. The van der Waals surface area contributed by atoms with E-state index in [9.17, 15) is 0 Å². The molecule has 6 heteroatoms. The van der Waals surface area contributed by atoms with Gasteiger partial charge in [0.2, 0.25) is 0 Å². The number of methoxy groups -OCH3 is 1. The summed E-state index contributed by atoms with van der Waals surface area (Å²) in [4.78, 5) is 3.30. The second-order valence-corrected chi connectivity index (χ2v) is 5.77. The highest BCUT2D eigenvalue weighted by Crippen LogP contribution is 2.37. The number of hydrogen-bond acceptors (Lipinski definition) is 3. The van der Waals surface area contributed by atoms with Crippen LogP contribution >= 0.6 is 12.2 Å². The lowest BCUT2D eigenvalue weighted by molar-refractivity contribution is -0.0832. The zero-order valence-electron chi connectivity index (χ0n) is 11.7. The zero-order chi connectivity index (χ0) is 13.6. The molecule has 0 bridgehead atoms. The van der Waals surface area contributed by atoms with Gasteiger partial charge in [0.15, 0.2) is 10.4 Å². The minimum absolute atomic E-state index is 0.0377. The van der Waals surface area contributed by atoms with E-state index in [0.717, 1.165) is 47.4 Å². The van der Waals surface area contributed by atoms with Gasteiger partial charge in [-0.1, -0.05) is 6.92 Å². The lowest BCUT2D eigenvalue weighted by Crippen LogP contribution is -2.43. The summed E-state index contributed by atoms with van der Waals surface area (Å²) < 4.78 is 10.5. The van der Waals surface area contributed by atoms with E-state index in [1.807, 2.05) is 11.7 Å². The van der Waals surface area contributed by atoms with Gasteiger partial charge < -0.3 is 9.72 Å². The molecule has 2 aromatic heterocycles. The average Bonchev–Trinajstić information content (AvgIpc) is 2.82. The van der Waals surface area contributed by atoms with Crippen molar-refractivity contribution in [2.75, 3.05) is 7.11 Å². The van der Waals surface area contributed by atoms with E-state index in [1.54, 1.807) is 7.11 Å². The molecule has 1 N–H and O–H groups in total. The van der Waals surface area contributed by atoms with E-state index in [0.29, 0.717) is 0 Å². The summed E-state index contributed by atoms with van der Waals surface area (Å²) in [7, 11) is 3.77. The number of nitrogens with one attached hydrogen (secondary N) is 1. The van der Waals surface area contributed by atoms with Crippen molar-refractivity contribution in [2.45, 2.75) is 44.8 Å². The quantitative estimate of drug-likeness (QED) is 0.876. The van der Waals surface area contributed by atoms with Gasteiger partial charge in [-0.3, -0.25) is 9.25 Å². The molecule has 5 nitrogen and oxygen atoms in total. The number of aromatic nitrogens is 4. The molecule has 2 aromatic rings. The van der Waals surface area contributed by atoms with Crippen LogP contribution in [0.1, 0.15) is 31.9 Å². The summed E-state index contributed by atoms with van der Waals surface area (Å²) in [6.45, 7) is 2.92. The molecule has 0 radical (unpaired) electrons. The summed E-state index contributed by atoms with van der Waals surface area (Å²) >= 11 is 5.47. The van der Waals surface area contributed by atoms with Crippen molar-refractivity contribution in [3.05, 3.63) is 10.5 Å². The highest BCUT2D eigenvalue weighted by molar-refractivity contribution is 7.71. The predicted octanol–water partition coefficient (Wildman–Crippen LogP) is 2.56. The van der Waals surface area contributed by atoms with Gasteiger partial charge in [-0.05, 0) is 37.9 Å². The average molecular weight is 280 g/mol. The Kier molecular flexibility index (Phi) is 3.02. The molecule has 2 heterocycles. The number of ether oxygens (including phenoxy) is 1. The topological polar surface area (TPSA) is 47.8 Å². The van der Waals surface area contributed by atoms with Gasteiger partial charge >= 0.3 is 0 Å². The fourth-order valence-electron chi connectivity index (χ4n) is 2.96. The van der Waals surface area contributed by atoms with Crippen molar-refractivity contribution in [3.8, 4) is 0 Å². The molecule has 0 atom stereocenters. The van der Waals surface area contributed by atoms with Crippen LogP contribution in [-0.2, 0) is 24.8 Å². The first-order valence-corrected chi connectivity index (χ1v) is 7.20. The van der Waals surface area contributed by atoms with Crippen molar-refractivity contribution in [3.63, 3.8) is 0 Å². The molecular weight excluding hydrogens is 260 g/mol. The van der Waals surface area contributed by atoms with Crippen LogP contribution in [0.5, 0.6) is 0 Å². The number of H-pyrrole nitrogens is 1. The van der Waals surface area contributed by atoms with Crippen molar-refractivity contribution in [1.29, 1.82) is 0 Å². The summed E-state index contributed by atoms with van der Waals surface area (Å²) in [5, 5.41) is 4.55. The molecule has 19 heavy (non-hydrogen) atoms. The van der Waals surface area contributed by atoms with E-state index in [4.69, 9.17) is 17.0 Å². The molecule has 0 amide bonds. The molecule has 1 saturated carbocycles. The second-order valence-electron chi connectivity index (χ2n) is 5.38. The Morgan fingerprint density at radius 2 is 2.21 bits per heavy atom. The third-order valence-corrected chi connectivity index (χ3v) is 4.62. The fraction of sp³-hybridized carbons (Fsp3) is 0.692. The van der Waals surface area contributed by atoms with Gasteiger partial charge in [0.05, 0.1) is 17.8 Å². The molecule has 0 saturated heterocycles. The van der Waals surface area contributed by atoms with Crippen LogP contribution in [0, 0.1) is 4.77 Å². The van der Waals surface area contributed by atoms with Crippen LogP contribution in [0.2, 0.25) is 0 Å². The van der Waals surface area contributed by atoms with E-state index < -0.39 is 0 Å². The maximum Gasteiger partial charge on any atom is 0.179 e. The normalized spacial score (nSPS) is 17.8. The van der Waals surface area contributed by atoms with Gasteiger partial charge in [0.1, 0.15) is 5.52 Å². The molecule has 1 aliphatic rings. The predicted molar refractivity (Wildman–Crippen MR) is 76.9 cm³/mol. The van der Waals surface area contributed by atoms with Crippen LogP contribution in [0.25, 0.3) is 11.2 Å². The van der Waals surface area contributed by atoms with Crippen molar-refractivity contribution < 1.29 is 4.74 Å². The van der Waals surface area contributed by atoms with Gasteiger partial charge in [-0.2, -0.15) is 5.10 Å². The minimum atomic E-state index is -0.0377. The van der Waals surface area contributed by atoms with Crippen molar-refractivity contribution >= 4 is 23.4 Å². The first-order chi connectivity index (χ1) is 9.10. The molecule has 0 unspecified atom stereocenters. The Balaban J connectivity index is 2.10. The van der Waals surface area contributed by atoms with Crippen LogP contribution in [0.15, 0.2) is 0 Å². The van der Waals surface area contributed by atoms with Gasteiger partial charge in [0.25, 0.3) is 0 Å². The Labute approximate surface area is 117 Å². The number of aromatic amines is 1. The van der Waals surface area contributed by atoms with E-state index in [1.165, 1.54) is 6.42 Å². The fourth-order valence-corrected chi connectivity index (χ4v) is 3.21. The standard InChI is InChI=1S/C13H20N4OS/c1-4-9-10-11(16(2)15-9)17(12(19)14-10)8-13(18-3)6-5-7-13/h4-8H2,1-3H3,(H,14,19). The Hall–Kier alpha value is -1.14. The molecule has 0 aliphatic heterocycles. The number of hydrogen-bond donors (Lipinski definition) is 1. The highest BCUT2D eigenvalue weighted by Gasteiger charge is 2.38. The summed E-state index contributed by atoms with van der Waals surface area (Å²) in [6.07, 6.45) is 4.36. The Morgan fingerprint density at radius 3 is 2.74 bits per heavy atom. The van der Waals surface area contributed by atoms with Crippen LogP contribution < -0.4 is 0 Å². The van der Waals surface area contributed by atoms with E-state index in [2.05, 4.69) is 21.6 Å². The molecule has 1 fully saturated rings. The SMILES string of the molecule is CCc1nn(C)c2c1[nH]c(=S)n2CC1(OC)CCC1. The lowest BCUT2D eigenvalue weighted by atomic mass is 9.80. The third-order valence-electron chi connectivity index (χ3n) is 4.30. The monoisotopic (exact) mass is 280 g/mol. The largest absolute Gasteiger partial charge is 0.376 e. The maximum absolute atomic E-state index is 5.71. The van der Waals surface area contributed by atoms with Crippen LogP contribution in [0.3, 0.4) is 0 Å². The number of rotatable bonds is 4. The first-order valence-electron chi connectivity index (χ1n) is 6.80. The second kappa shape index (κ2) is 4.45. The van der Waals surface area contributed by atoms with Crippen LogP contribution in [-0.4, -0.2) is 32.0 Å². The number of fused-ring (bicyclic) bond motifs is 1. The Morgan fingerprint density at radius 1 is 1.47 bits per heavy atom. The van der Waals surface area contributed by atoms with E-state index >= 15 is 0 Å². The molecule has 104 valence electrons. The molecule has 1 aliphatic carbocycles. The highest BCUT2D eigenvalue weighted by atomic mass is 32.1. The summed E-state index contributed by atoms with van der Waals surface area (Å²) in [5.41, 5.74) is 3.18. The maximum atomic E-state index is 5.71. The van der Waals surface area contributed by atoms with Gasteiger partial charge in [-0.25, -0.2) is 0 Å². The zero-order valence-corrected chi connectivity index (χ0v) is 12.5. The molecule has 3 rings (SSSR count). The summed E-state index contributed by atoms with van der Waals surface area (Å²) in [5.74, 6) is 0. The van der Waals surface area contributed by atoms with Crippen LogP contribution in [0.4, 0.5) is 0 Å². The van der Waals surface area contributed by atoms with Gasteiger partial charge in [-0.15, -0.1) is 0 Å². The number of imidazole rings is 1. The molecule has 0 aromatic carbocycles. The van der Waals surface area contributed by atoms with Crippen molar-refractivity contribution in [2.24, 2.45) is 7.05 Å². The van der Waals surface area contributed by atoms with Gasteiger partial charge in [0, 0.05) is 14.2 Å². The van der Waals surface area contributed by atoms with Crippen molar-refractivity contribution in [1.82, 2.24) is 19.3 Å². The number of aryl methyl sites for hydroxylation is 2. The lowest BCUT2D eigenvalue weighted by Gasteiger charge is -2.40. The summed E-state index contributed by atoms with van der Waals surface area (Å²) in [6, 6.07) is 0. The minimum Gasteiger partial charge on any atom is -0.376 e. The van der Waals surface area contributed by atoms with E-state index in [-0.39, 0.29) is 5.60 Å². The first kappa shape index (κ1) is 12.9. The molecule has 0 spiro atoms. The third kappa shape index (κ3) is 1.85. The molecular formula is C13H20N4OS. The Bertz CT molecular complexity index is 657. The smallest absolute Gasteiger partial charge is 0.179 e.